The number of ether oxygens (including phenoxy) is 3. The van der Waals surface area contributed by atoms with Crippen molar-refractivity contribution < 1.29 is 23.8 Å². The van der Waals surface area contributed by atoms with Gasteiger partial charge in [-0.1, -0.05) is 35.9 Å². The largest absolute Gasteiger partial charge is 0.493 e. The normalized spacial score (nSPS) is 10.8. The van der Waals surface area contributed by atoms with E-state index in [1.54, 1.807) is 25.8 Å². The number of halogens is 1. The van der Waals surface area contributed by atoms with E-state index in [1.807, 2.05) is 48.5 Å². The number of nitrogens with one attached hydrogen (secondary N) is 1. The lowest BCUT2D eigenvalue weighted by atomic mass is 10.1. The molecular formula is C25H26ClN3O5. The highest BCUT2D eigenvalue weighted by Gasteiger charge is 2.13. The summed E-state index contributed by atoms with van der Waals surface area (Å²) in [5.74, 6) is 0.210. The van der Waals surface area contributed by atoms with Crippen LogP contribution in [-0.4, -0.2) is 49.0 Å². The fourth-order valence-electron chi connectivity index (χ4n) is 3.21. The number of hydrogen-bond acceptors (Lipinski definition) is 6. The second-order valence-electron chi connectivity index (χ2n) is 7.27. The van der Waals surface area contributed by atoms with Crippen molar-refractivity contribution in [2.24, 2.45) is 0 Å². The van der Waals surface area contributed by atoms with Crippen molar-refractivity contribution in [1.29, 1.82) is 0 Å². The molecule has 3 aromatic rings. The molecule has 0 saturated heterocycles. The van der Waals surface area contributed by atoms with Crippen LogP contribution in [0.1, 0.15) is 16.8 Å². The van der Waals surface area contributed by atoms with Crippen LogP contribution in [-0.2, 0) is 20.7 Å². The molecule has 178 valence electrons. The summed E-state index contributed by atoms with van der Waals surface area (Å²) >= 11 is 6.44. The Morgan fingerprint density at radius 3 is 2.53 bits per heavy atom. The van der Waals surface area contributed by atoms with Gasteiger partial charge in [-0.2, -0.15) is 5.10 Å². The van der Waals surface area contributed by atoms with Crippen molar-refractivity contribution in [3.8, 4) is 17.2 Å². The van der Waals surface area contributed by atoms with E-state index in [2.05, 4.69) is 10.4 Å². The number of nitrogens with zero attached hydrogens (tertiary/aromatic N) is 2. The summed E-state index contributed by atoms with van der Waals surface area (Å²) in [6.45, 7) is 1.79. The molecule has 1 aromatic heterocycles. The summed E-state index contributed by atoms with van der Waals surface area (Å²) in [4.78, 5) is 24.1. The second kappa shape index (κ2) is 11.9. The number of para-hydroxylation sites is 1. The number of methoxy groups -OCH3 is 2. The summed E-state index contributed by atoms with van der Waals surface area (Å²) in [5.41, 5.74) is 3.04. The van der Waals surface area contributed by atoms with Crippen LogP contribution in [0.3, 0.4) is 0 Å². The van der Waals surface area contributed by atoms with Crippen molar-refractivity contribution in [2.45, 2.75) is 13.3 Å². The topological polar surface area (TPSA) is 91.7 Å². The van der Waals surface area contributed by atoms with Crippen LogP contribution in [0.25, 0.3) is 11.8 Å². The first-order valence-corrected chi connectivity index (χ1v) is 10.9. The molecule has 2 aromatic carbocycles. The summed E-state index contributed by atoms with van der Waals surface area (Å²) in [7, 11) is 3.14. The molecule has 0 spiro atoms. The Balaban J connectivity index is 1.47. The number of hydrogen-bond donors (Lipinski definition) is 1. The average Bonchev–Trinajstić information content (AvgIpc) is 3.14. The summed E-state index contributed by atoms with van der Waals surface area (Å²) in [6.07, 6.45) is 3.34. The number of benzene rings is 2. The number of aromatic nitrogens is 2. The zero-order valence-corrected chi connectivity index (χ0v) is 20.0. The molecule has 1 N–H and O–H groups in total. The highest BCUT2D eigenvalue weighted by atomic mass is 35.5. The first kappa shape index (κ1) is 24.9. The van der Waals surface area contributed by atoms with Gasteiger partial charge in [0.05, 0.1) is 25.6 Å². The van der Waals surface area contributed by atoms with Crippen LogP contribution in [0.4, 0.5) is 0 Å². The van der Waals surface area contributed by atoms with Gasteiger partial charge in [0.25, 0.3) is 5.91 Å². The number of carbonyl (C=O) groups is 2. The highest BCUT2D eigenvalue weighted by molar-refractivity contribution is 6.31. The Morgan fingerprint density at radius 1 is 1.09 bits per heavy atom. The van der Waals surface area contributed by atoms with Gasteiger partial charge in [-0.15, -0.1) is 0 Å². The number of aryl methyl sites for hydroxylation is 1. The maximum absolute atomic E-state index is 12.1. The predicted octanol–water partition coefficient (Wildman–Crippen LogP) is 3.77. The van der Waals surface area contributed by atoms with Gasteiger partial charge in [0.2, 0.25) is 0 Å². The van der Waals surface area contributed by atoms with E-state index in [1.165, 1.54) is 12.2 Å². The first-order chi connectivity index (χ1) is 16.4. The molecular weight excluding hydrogens is 458 g/mol. The third-order valence-electron chi connectivity index (χ3n) is 4.96. The lowest BCUT2D eigenvalue weighted by molar-refractivity contribution is -0.143. The summed E-state index contributed by atoms with van der Waals surface area (Å²) < 4.78 is 17.1. The number of amides is 1. The van der Waals surface area contributed by atoms with E-state index in [0.29, 0.717) is 40.9 Å². The number of carbonyl (C=O) groups excluding carboxylic acids is 2. The standard InChI is InChI=1S/C25H26ClN3O5/c1-17-20(25(26)29(28-17)19-7-5-4-6-8-19)10-12-24(31)34-16-23(30)27-14-13-18-9-11-21(32-2)22(15-18)33-3/h4-12,15H,13-14,16H2,1-3H3,(H,27,30)/b12-10+. The van der Waals surface area contributed by atoms with Crippen LogP contribution >= 0.6 is 11.6 Å². The number of esters is 1. The van der Waals surface area contributed by atoms with Gasteiger partial charge in [-0.05, 0) is 49.2 Å². The lowest BCUT2D eigenvalue weighted by Crippen LogP contribution is -2.30. The molecule has 0 bridgehead atoms. The maximum atomic E-state index is 12.1. The van der Waals surface area contributed by atoms with Crippen molar-refractivity contribution in [3.05, 3.63) is 76.6 Å². The fraction of sp³-hybridized carbons (Fsp3) is 0.240. The molecule has 0 atom stereocenters. The molecule has 0 unspecified atom stereocenters. The van der Waals surface area contributed by atoms with Gasteiger partial charge in [-0.25, -0.2) is 9.48 Å². The minimum absolute atomic E-state index is 0.376. The SMILES string of the molecule is COc1ccc(CCNC(=O)COC(=O)/C=C/c2c(C)nn(-c3ccccc3)c2Cl)cc1OC. The van der Waals surface area contributed by atoms with E-state index in [-0.39, 0.29) is 6.61 Å². The smallest absolute Gasteiger partial charge is 0.331 e. The minimum atomic E-state index is -0.655. The van der Waals surface area contributed by atoms with E-state index in [4.69, 9.17) is 25.8 Å². The van der Waals surface area contributed by atoms with Crippen LogP contribution in [0, 0.1) is 6.92 Å². The Labute approximate surface area is 203 Å². The van der Waals surface area contributed by atoms with E-state index < -0.39 is 11.9 Å². The second-order valence-corrected chi connectivity index (χ2v) is 7.63. The van der Waals surface area contributed by atoms with Gasteiger partial charge >= 0.3 is 5.97 Å². The van der Waals surface area contributed by atoms with E-state index >= 15 is 0 Å². The van der Waals surface area contributed by atoms with Crippen LogP contribution in [0.15, 0.2) is 54.6 Å². The Morgan fingerprint density at radius 2 is 1.82 bits per heavy atom. The van der Waals surface area contributed by atoms with Gasteiger partial charge < -0.3 is 19.5 Å². The molecule has 8 nitrogen and oxygen atoms in total. The summed E-state index contributed by atoms with van der Waals surface area (Å²) in [6, 6.07) is 15.0. The van der Waals surface area contributed by atoms with Crippen LogP contribution < -0.4 is 14.8 Å². The fourth-order valence-corrected chi connectivity index (χ4v) is 3.55. The molecule has 34 heavy (non-hydrogen) atoms. The molecule has 0 radical (unpaired) electrons. The van der Waals surface area contributed by atoms with Crippen molar-refractivity contribution >= 4 is 29.6 Å². The molecule has 1 heterocycles. The van der Waals surface area contributed by atoms with Crippen molar-refractivity contribution in [2.75, 3.05) is 27.4 Å². The van der Waals surface area contributed by atoms with Crippen molar-refractivity contribution in [3.63, 3.8) is 0 Å². The molecule has 3 rings (SSSR count). The molecule has 0 aliphatic carbocycles. The molecule has 9 heteroatoms. The quantitative estimate of drug-likeness (QED) is 0.348. The summed E-state index contributed by atoms with van der Waals surface area (Å²) in [5, 5.41) is 7.51. The third kappa shape index (κ3) is 6.39. The Kier molecular flexibility index (Phi) is 8.70. The predicted molar refractivity (Wildman–Crippen MR) is 130 cm³/mol. The maximum Gasteiger partial charge on any atom is 0.331 e. The average molecular weight is 484 g/mol. The van der Waals surface area contributed by atoms with Crippen LogP contribution in [0.5, 0.6) is 11.5 Å². The van der Waals surface area contributed by atoms with E-state index in [0.717, 1.165) is 11.3 Å². The molecule has 1 amide bonds. The first-order valence-electron chi connectivity index (χ1n) is 10.6. The van der Waals surface area contributed by atoms with Crippen LogP contribution in [0.2, 0.25) is 5.15 Å². The van der Waals surface area contributed by atoms with E-state index in [9.17, 15) is 9.59 Å². The molecule has 0 fully saturated rings. The molecule has 0 aliphatic rings. The van der Waals surface area contributed by atoms with Gasteiger partial charge in [-0.3, -0.25) is 4.79 Å². The molecule has 0 saturated carbocycles. The van der Waals surface area contributed by atoms with Gasteiger partial charge in [0.15, 0.2) is 18.1 Å². The monoisotopic (exact) mass is 483 g/mol. The third-order valence-corrected chi connectivity index (χ3v) is 5.33. The Hall–Kier alpha value is -3.78. The van der Waals surface area contributed by atoms with Gasteiger partial charge in [0, 0.05) is 18.2 Å². The van der Waals surface area contributed by atoms with Gasteiger partial charge in [0.1, 0.15) is 5.15 Å². The van der Waals surface area contributed by atoms with Crippen molar-refractivity contribution in [1.82, 2.24) is 15.1 Å². The number of rotatable bonds is 10. The zero-order chi connectivity index (χ0) is 24.5. The Bertz CT molecular complexity index is 1170. The minimum Gasteiger partial charge on any atom is -0.493 e. The molecule has 0 aliphatic heterocycles. The lowest BCUT2D eigenvalue weighted by Gasteiger charge is -2.10. The zero-order valence-electron chi connectivity index (χ0n) is 19.2. The highest BCUT2D eigenvalue weighted by Crippen LogP contribution is 2.27.